The molecule has 0 radical (unpaired) electrons. The van der Waals surface area contributed by atoms with E-state index < -0.39 is 0 Å². The lowest BCUT2D eigenvalue weighted by Gasteiger charge is -2.38. The third-order valence-electron chi connectivity index (χ3n) is 5.02. The maximum absolute atomic E-state index is 2.60. The van der Waals surface area contributed by atoms with Gasteiger partial charge in [0.1, 0.15) is 0 Å². The van der Waals surface area contributed by atoms with Crippen LogP contribution in [-0.4, -0.2) is 31.1 Å². The van der Waals surface area contributed by atoms with Crippen LogP contribution in [-0.2, 0) is 0 Å². The summed E-state index contributed by atoms with van der Waals surface area (Å²) in [6, 6.07) is 17.7. The van der Waals surface area contributed by atoms with E-state index in [9.17, 15) is 0 Å². The van der Waals surface area contributed by atoms with Gasteiger partial charge in [-0.2, -0.15) is 0 Å². The summed E-state index contributed by atoms with van der Waals surface area (Å²) in [5, 5.41) is 0. The van der Waals surface area contributed by atoms with Gasteiger partial charge in [0, 0.05) is 22.9 Å². The molecule has 2 heterocycles. The third kappa shape index (κ3) is 3.00. The summed E-state index contributed by atoms with van der Waals surface area (Å²) in [5.41, 5.74) is 2.76. The van der Waals surface area contributed by atoms with Gasteiger partial charge >= 0.3 is 0 Å². The monoisotopic (exact) mass is 324 g/mol. The number of hydrogen-bond acceptors (Lipinski definition) is 3. The van der Waals surface area contributed by atoms with E-state index in [0.29, 0.717) is 0 Å². The lowest BCUT2D eigenvalue weighted by Crippen LogP contribution is -2.40. The molecule has 2 aromatic carbocycles. The van der Waals surface area contributed by atoms with Crippen molar-refractivity contribution in [3.05, 3.63) is 48.5 Å². The summed E-state index contributed by atoms with van der Waals surface area (Å²) < 4.78 is 0. The smallest absolute Gasteiger partial charge is 0.0552 e. The molecule has 2 aliphatic heterocycles. The molecule has 1 atom stereocenters. The zero-order chi connectivity index (χ0) is 15.6. The second-order valence-electron chi connectivity index (χ2n) is 6.55. The molecule has 3 heteroatoms. The standard InChI is InChI=1S/C20H24N2S/c1-2-21-13-7-8-16(14-21)15-22-17-9-3-5-11-19(17)23-20-12-6-4-10-18(20)22/h3-6,9-12,16H,2,7-8,13-15H2,1H3. The molecule has 0 aliphatic carbocycles. The van der Waals surface area contributed by atoms with Gasteiger partial charge in [-0.15, -0.1) is 0 Å². The molecule has 1 fully saturated rings. The van der Waals surface area contributed by atoms with Crippen molar-refractivity contribution in [1.82, 2.24) is 4.90 Å². The second kappa shape index (κ2) is 6.58. The van der Waals surface area contributed by atoms with Crippen molar-refractivity contribution in [1.29, 1.82) is 0 Å². The Bertz CT molecular complexity index is 639. The van der Waals surface area contributed by atoms with Crippen LogP contribution in [0.1, 0.15) is 19.8 Å². The van der Waals surface area contributed by atoms with E-state index in [1.165, 1.54) is 53.6 Å². The molecule has 0 aromatic heterocycles. The molecule has 0 N–H and O–H groups in total. The molecule has 0 bridgehead atoms. The average molecular weight is 324 g/mol. The van der Waals surface area contributed by atoms with Crippen LogP contribution in [0.25, 0.3) is 0 Å². The lowest BCUT2D eigenvalue weighted by molar-refractivity contribution is 0.186. The largest absolute Gasteiger partial charge is 0.339 e. The number of fused-ring (bicyclic) bond motifs is 2. The van der Waals surface area contributed by atoms with Gasteiger partial charge in [-0.25, -0.2) is 0 Å². The maximum Gasteiger partial charge on any atom is 0.0552 e. The number of anilines is 2. The zero-order valence-corrected chi connectivity index (χ0v) is 14.6. The van der Waals surface area contributed by atoms with Crippen LogP contribution in [0.2, 0.25) is 0 Å². The average Bonchev–Trinajstić information content (AvgIpc) is 2.61. The van der Waals surface area contributed by atoms with Crippen molar-refractivity contribution >= 4 is 23.1 Å². The van der Waals surface area contributed by atoms with E-state index in [1.54, 1.807) is 0 Å². The number of para-hydroxylation sites is 2. The van der Waals surface area contributed by atoms with Crippen LogP contribution in [0.3, 0.4) is 0 Å². The Morgan fingerprint density at radius 1 is 1.00 bits per heavy atom. The van der Waals surface area contributed by atoms with Crippen molar-refractivity contribution < 1.29 is 0 Å². The Morgan fingerprint density at radius 3 is 2.30 bits per heavy atom. The van der Waals surface area contributed by atoms with Gasteiger partial charge in [-0.1, -0.05) is 43.0 Å². The molecule has 120 valence electrons. The van der Waals surface area contributed by atoms with E-state index in [2.05, 4.69) is 65.3 Å². The highest BCUT2D eigenvalue weighted by atomic mass is 32.2. The molecule has 1 unspecified atom stereocenters. The Balaban J connectivity index is 1.65. The molecular weight excluding hydrogens is 300 g/mol. The maximum atomic E-state index is 2.60. The Morgan fingerprint density at radius 2 is 1.65 bits per heavy atom. The molecule has 2 nitrogen and oxygen atoms in total. The minimum atomic E-state index is 0.757. The van der Waals surface area contributed by atoms with Crippen LogP contribution < -0.4 is 4.90 Å². The minimum Gasteiger partial charge on any atom is -0.339 e. The van der Waals surface area contributed by atoms with Crippen molar-refractivity contribution in [3.63, 3.8) is 0 Å². The first-order chi connectivity index (χ1) is 11.3. The lowest BCUT2D eigenvalue weighted by atomic mass is 9.97. The number of piperidine rings is 1. The summed E-state index contributed by atoms with van der Waals surface area (Å²) in [5.74, 6) is 0.757. The quantitative estimate of drug-likeness (QED) is 0.782. The summed E-state index contributed by atoms with van der Waals surface area (Å²) in [4.78, 5) is 7.93. The highest BCUT2D eigenvalue weighted by molar-refractivity contribution is 7.99. The van der Waals surface area contributed by atoms with Crippen LogP contribution >= 0.6 is 11.8 Å². The molecule has 2 aromatic rings. The van der Waals surface area contributed by atoms with Crippen molar-refractivity contribution in [2.75, 3.05) is 31.1 Å². The van der Waals surface area contributed by atoms with Gasteiger partial charge in [0.05, 0.1) is 11.4 Å². The van der Waals surface area contributed by atoms with Gasteiger partial charge in [0.25, 0.3) is 0 Å². The molecule has 1 saturated heterocycles. The second-order valence-corrected chi connectivity index (χ2v) is 7.63. The summed E-state index contributed by atoms with van der Waals surface area (Å²) >= 11 is 1.90. The fourth-order valence-electron chi connectivity index (χ4n) is 3.82. The fourth-order valence-corrected chi connectivity index (χ4v) is 4.92. The van der Waals surface area contributed by atoms with Gasteiger partial charge in [0.15, 0.2) is 0 Å². The first-order valence-corrected chi connectivity index (χ1v) is 9.52. The normalized spacial score (nSPS) is 20.9. The first kappa shape index (κ1) is 15.1. The molecule has 23 heavy (non-hydrogen) atoms. The van der Waals surface area contributed by atoms with Crippen molar-refractivity contribution in [3.8, 4) is 0 Å². The highest BCUT2D eigenvalue weighted by Crippen LogP contribution is 2.48. The first-order valence-electron chi connectivity index (χ1n) is 8.71. The molecule has 2 aliphatic rings. The van der Waals surface area contributed by atoms with Gasteiger partial charge in [-0.3, -0.25) is 0 Å². The number of nitrogens with zero attached hydrogens (tertiary/aromatic N) is 2. The third-order valence-corrected chi connectivity index (χ3v) is 6.15. The molecule has 4 rings (SSSR count). The van der Waals surface area contributed by atoms with E-state index in [0.717, 1.165) is 12.5 Å². The summed E-state index contributed by atoms with van der Waals surface area (Å²) in [7, 11) is 0. The Labute approximate surface area is 143 Å². The molecule has 0 saturated carbocycles. The van der Waals surface area contributed by atoms with Crippen molar-refractivity contribution in [2.45, 2.75) is 29.6 Å². The number of rotatable bonds is 3. The Hall–Kier alpha value is -1.45. The topological polar surface area (TPSA) is 6.48 Å². The highest BCUT2D eigenvalue weighted by Gasteiger charge is 2.27. The number of likely N-dealkylation sites (tertiary alicyclic amines) is 1. The van der Waals surface area contributed by atoms with Crippen LogP contribution in [0.5, 0.6) is 0 Å². The number of hydrogen-bond donors (Lipinski definition) is 0. The van der Waals surface area contributed by atoms with Crippen molar-refractivity contribution in [2.24, 2.45) is 5.92 Å². The van der Waals surface area contributed by atoms with E-state index in [4.69, 9.17) is 0 Å². The van der Waals surface area contributed by atoms with Crippen LogP contribution in [0, 0.1) is 5.92 Å². The molecule has 0 amide bonds. The number of benzene rings is 2. The summed E-state index contributed by atoms with van der Waals surface area (Å²) in [6.45, 7) is 7.11. The van der Waals surface area contributed by atoms with E-state index in [-0.39, 0.29) is 0 Å². The predicted molar refractivity (Wildman–Crippen MR) is 98.9 cm³/mol. The van der Waals surface area contributed by atoms with Gasteiger partial charge in [0.2, 0.25) is 0 Å². The SMILES string of the molecule is CCN1CCCC(CN2c3ccccc3Sc3ccccc32)C1. The van der Waals surface area contributed by atoms with E-state index >= 15 is 0 Å². The molecular formula is C20H24N2S. The van der Waals surface area contributed by atoms with Gasteiger partial charge < -0.3 is 9.80 Å². The predicted octanol–water partition coefficient (Wildman–Crippen LogP) is 5.02. The van der Waals surface area contributed by atoms with Crippen LogP contribution in [0.4, 0.5) is 11.4 Å². The molecule has 0 spiro atoms. The minimum absolute atomic E-state index is 0.757. The van der Waals surface area contributed by atoms with Gasteiger partial charge in [-0.05, 0) is 56.1 Å². The zero-order valence-electron chi connectivity index (χ0n) is 13.7. The van der Waals surface area contributed by atoms with Crippen LogP contribution in [0.15, 0.2) is 58.3 Å². The Kier molecular flexibility index (Phi) is 4.32. The fraction of sp³-hybridized carbons (Fsp3) is 0.400. The summed E-state index contributed by atoms with van der Waals surface area (Å²) in [6.07, 6.45) is 2.69. The van der Waals surface area contributed by atoms with E-state index in [1.807, 2.05) is 11.8 Å².